The van der Waals surface area contributed by atoms with Gasteiger partial charge in [-0.3, -0.25) is 4.98 Å². The van der Waals surface area contributed by atoms with Gasteiger partial charge in [-0.05, 0) is 87.3 Å². The number of aromatic nitrogens is 1. The summed E-state index contributed by atoms with van der Waals surface area (Å²) < 4.78 is 13.1. The third kappa shape index (κ3) is 2.69. The molecule has 3 aliphatic heterocycles. The second-order valence-electron chi connectivity index (χ2n) is 8.17. The van der Waals surface area contributed by atoms with Gasteiger partial charge in [0.25, 0.3) is 0 Å². The number of pyridine rings is 1. The minimum absolute atomic E-state index is 0.191. The van der Waals surface area contributed by atoms with E-state index in [0.29, 0.717) is 5.41 Å². The third-order valence-corrected chi connectivity index (χ3v) is 6.91. The molecule has 3 heteroatoms. The van der Waals surface area contributed by atoms with Crippen molar-refractivity contribution in [1.82, 2.24) is 9.88 Å². The van der Waals surface area contributed by atoms with E-state index in [9.17, 15) is 4.39 Å². The average molecular weight is 336 g/mol. The van der Waals surface area contributed by atoms with Crippen LogP contribution in [0, 0.1) is 17.7 Å². The maximum Gasteiger partial charge on any atom is 0.123 e. The van der Waals surface area contributed by atoms with Crippen LogP contribution in [0.5, 0.6) is 0 Å². The summed E-state index contributed by atoms with van der Waals surface area (Å²) >= 11 is 0. The Balaban J connectivity index is 1.42. The Bertz CT molecular complexity index is 741. The molecular weight excluding hydrogens is 311 g/mol. The first-order valence-electron chi connectivity index (χ1n) is 9.69. The van der Waals surface area contributed by atoms with Crippen LogP contribution in [-0.4, -0.2) is 29.5 Å². The van der Waals surface area contributed by atoms with Crippen molar-refractivity contribution >= 4 is 0 Å². The number of hydrogen-bond acceptors (Lipinski definition) is 2. The van der Waals surface area contributed by atoms with Crippen LogP contribution in [0.25, 0.3) is 11.1 Å². The van der Waals surface area contributed by atoms with Gasteiger partial charge in [0.15, 0.2) is 0 Å². The molecule has 0 radical (unpaired) electrons. The van der Waals surface area contributed by atoms with Crippen LogP contribution in [-0.2, 0) is 5.41 Å². The van der Waals surface area contributed by atoms with E-state index >= 15 is 0 Å². The zero-order chi connectivity index (χ0) is 16.9. The number of hydrogen-bond donors (Lipinski definition) is 0. The summed E-state index contributed by atoms with van der Waals surface area (Å²) in [7, 11) is 0. The Kier molecular flexibility index (Phi) is 3.67. The predicted octanol–water partition coefficient (Wildman–Crippen LogP) is 4.65. The molecule has 4 fully saturated rings. The van der Waals surface area contributed by atoms with Gasteiger partial charge < -0.3 is 4.90 Å². The second kappa shape index (κ2) is 5.91. The normalized spacial score (nSPS) is 30.0. The summed E-state index contributed by atoms with van der Waals surface area (Å²) in [6, 6.07) is 11.1. The van der Waals surface area contributed by atoms with Crippen molar-refractivity contribution in [3.63, 3.8) is 0 Å². The van der Waals surface area contributed by atoms with Crippen LogP contribution in [0.15, 0.2) is 42.6 Å². The number of nitrogens with zero attached hydrogens (tertiary/aromatic N) is 2. The highest BCUT2D eigenvalue weighted by atomic mass is 19.1. The van der Waals surface area contributed by atoms with Gasteiger partial charge in [0.1, 0.15) is 5.82 Å². The third-order valence-electron chi connectivity index (χ3n) is 6.91. The lowest BCUT2D eigenvalue weighted by atomic mass is 9.73. The lowest BCUT2D eigenvalue weighted by molar-refractivity contribution is 0.192. The standard InChI is InChI=1S/C22H25FN2/c23-19-4-1-16(2-5-19)18-3-6-21(24-15-18)22(10-11-22)20-9-14-25-12-7-17(20)8-13-25/h1-6,15,17,20H,7-14H2. The molecule has 2 aromatic rings. The zero-order valence-electron chi connectivity index (χ0n) is 14.6. The van der Waals surface area contributed by atoms with Crippen LogP contribution in [0.4, 0.5) is 4.39 Å². The summed E-state index contributed by atoms with van der Waals surface area (Å²) in [6.45, 7) is 3.87. The quantitative estimate of drug-likeness (QED) is 0.811. The fraction of sp³-hybridized carbons (Fsp3) is 0.500. The number of fused-ring (bicyclic) bond motifs is 4. The van der Waals surface area contributed by atoms with E-state index in [1.54, 1.807) is 0 Å². The predicted molar refractivity (Wildman–Crippen MR) is 97.8 cm³/mol. The number of halogens is 1. The van der Waals surface area contributed by atoms with Crippen molar-refractivity contribution in [2.24, 2.45) is 11.8 Å². The van der Waals surface area contributed by atoms with Crippen LogP contribution in [0.3, 0.4) is 0 Å². The first-order chi connectivity index (χ1) is 12.2. The Morgan fingerprint density at radius 2 is 1.56 bits per heavy atom. The highest BCUT2D eigenvalue weighted by Gasteiger charge is 2.54. The summed E-state index contributed by atoms with van der Waals surface area (Å²) in [5.41, 5.74) is 3.74. The summed E-state index contributed by atoms with van der Waals surface area (Å²) in [4.78, 5) is 7.54. The van der Waals surface area contributed by atoms with E-state index < -0.39 is 0 Å². The molecule has 130 valence electrons. The highest BCUT2D eigenvalue weighted by molar-refractivity contribution is 5.62. The van der Waals surface area contributed by atoms with Gasteiger partial charge in [-0.1, -0.05) is 18.2 Å². The van der Waals surface area contributed by atoms with E-state index in [1.165, 1.54) is 69.6 Å². The fourth-order valence-electron chi connectivity index (χ4n) is 5.32. The van der Waals surface area contributed by atoms with Gasteiger partial charge in [0.05, 0.1) is 0 Å². The van der Waals surface area contributed by atoms with Gasteiger partial charge in [0, 0.05) is 22.9 Å². The Morgan fingerprint density at radius 3 is 2.20 bits per heavy atom. The largest absolute Gasteiger partial charge is 0.303 e. The lowest BCUT2D eigenvalue weighted by Gasteiger charge is -2.33. The maximum absolute atomic E-state index is 13.1. The van der Waals surface area contributed by atoms with Crippen molar-refractivity contribution in [1.29, 1.82) is 0 Å². The summed E-state index contributed by atoms with van der Waals surface area (Å²) in [5.74, 6) is 1.51. The molecular formula is C22H25FN2. The summed E-state index contributed by atoms with van der Waals surface area (Å²) in [5, 5.41) is 0. The molecule has 1 aliphatic carbocycles. The molecule has 2 nitrogen and oxygen atoms in total. The minimum Gasteiger partial charge on any atom is -0.303 e. The molecule has 3 saturated heterocycles. The fourth-order valence-corrected chi connectivity index (χ4v) is 5.32. The van der Waals surface area contributed by atoms with E-state index in [-0.39, 0.29) is 5.82 Å². The molecule has 25 heavy (non-hydrogen) atoms. The number of rotatable bonds is 3. The molecule has 2 bridgehead atoms. The van der Waals surface area contributed by atoms with Gasteiger partial charge in [-0.15, -0.1) is 0 Å². The average Bonchev–Trinajstić information content (AvgIpc) is 3.48. The van der Waals surface area contributed by atoms with Crippen LogP contribution >= 0.6 is 0 Å². The van der Waals surface area contributed by atoms with Gasteiger partial charge in [-0.25, -0.2) is 4.39 Å². The molecule has 0 amide bonds. The first kappa shape index (κ1) is 15.5. The highest BCUT2D eigenvalue weighted by Crippen LogP contribution is 2.58. The smallest absolute Gasteiger partial charge is 0.123 e. The monoisotopic (exact) mass is 336 g/mol. The number of benzene rings is 1. The molecule has 1 aromatic heterocycles. The van der Waals surface area contributed by atoms with Crippen LogP contribution in [0.2, 0.25) is 0 Å². The van der Waals surface area contributed by atoms with E-state index in [0.717, 1.165) is 23.0 Å². The van der Waals surface area contributed by atoms with Gasteiger partial charge in [0.2, 0.25) is 0 Å². The van der Waals surface area contributed by atoms with Crippen molar-refractivity contribution in [3.8, 4) is 11.1 Å². The second-order valence-corrected chi connectivity index (χ2v) is 8.17. The van der Waals surface area contributed by atoms with Crippen molar-refractivity contribution in [3.05, 3.63) is 54.1 Å². The molecule has 0 spiro atoms. The molecule has 6 rings (SSSR count). The zero-order valence-corrected chi connectivity index (χ0v) is 14.6. The molecule has 4 aliphatic rings. The topological polar surface area (TPSA) is 16.1 Å². The lowest BCUT2D eigenvalue weighted by Crippen LogP contribution is -2.33. The van der Waals surface area contributed by atoms with Gasteiger partial charge in [-0.2, -0.15) is 0 Å². The van der Waals surface area contributed by atoms with Crippen LogP contribution < -0.4 is 0 Å². The Labute approximate surface area is 149 Å². The summed E-state index contributed by atoms with van der Waals surface area (Å²) in [6.07, 6.45) is 8.68. The first-order valence-corrected chi connectivity index (χ1v) is 9.69. The molecule has 1 saturated carbocycles. The van der Waals surface area contributed by atoms with Gasteiger partial charge >= 0.3 is 0 Å². The number of piperidine rings is 1. The van der Waals surface area contributed by atoms with E-state index in [4.69, 9.17) is 4.98 Å². The molecule has 1 atom stereocenters. The Morgan fingerprint density at radius 1 is 0.880 bits per heavy atom. The van der Waals surface area contributed by atoms with E-state index in [2.05, 4.69) is 17.0 Å². The Hall–Kier alpha value is -1.74. The van der Waals surface area contributed by atoms with E-state index in [1.807, 2.05) is 18.3 Å². The van der Waals surface area contributed by atoms with Crippen LogP contribution in [0.1, 0.15) is 37.8 Å². The SMILES string of the molecule is Fc1ccc(-c2ccc(C3(C4CCN5CCC4CC5)CC3)nc2)cc1. The minimum atomic E-state index is -0.191. The molecule has 0 N–H and O–H groups in total. The van der Waals surface area contributed by atoms with Crippen molar-refractivity contribution < 1.29 is 4.39 Å². The van der Waals surface area contributed by atoms with Crippen molar-refractivity contribution in [2.45, 2.75) is 37.5 Å². The molecule has 4 heterocycles. The molecule has 1 aromatic carbocycles. The molecule has 1 unspecified atom stereocenters. The van der Waals surface area contributed by atoms with Crippen molar-refractivity contribution in [2.75, 3.05) is 19.6 Å². The maximum atomic E-state index is 13.1.